The zero-order chi connectivity index (χ0) is 26.0. The van der Waals surface area contributed by atoms with Crippen LogP contribution >= 0.6 is 11.6 Å². The molecule has 202 valence electrons. The molecule has 3 unspecified atom stereocenters. The Bertz CT molecular complexity index is 849. The molecule has 0 spiro atoms. The van der Waals surface area contributed by atoms with Crippen LogP contribution in [-0.2, 0) is 4.74 Å². The number of nitrogens with zero attached hydrogens (tertiary/aromatic N) is 1. The van der Waals surface area contributed by atoms with Crippen LogP contribution in [0.15, 0.2) is 24.3 Å². The average Bonchev–Trinajstić information content (AvgIpc) is 2.84. The average molecular weight is 523 g/mol. The maximum Gasteiger partial charge on any atom is 0.404 e. The number of carbonyl (C=O) groups is 2. The summed E-state index contributed by atoms with van der Waals surface area (Å²) in [6, 6.07) is 7.66. The highest BCUT2D eigenvalue weighted by atomic mass is 35.5. The first-order valence-electron chi connectivity index (χ1n) is 13.3. The molecule has 8 nitrogen and oxygen atoms in total. The Morgan fingerprint density at radius 2 is 2.03 bits per heavy atom. The van der Waals surface area contributed by atoms with E-state index in [1.54, 1.807) is 0 Å². The number of benzene rings is 1. The zero-order valence-electron chi connectivity index (χ0n) is 21.7. The normalized spacial score (nSPS) is 21.4. The Hall–Kier alpha value is -2.03. The van der Waals surface area contributed by atoms with Gasteiger partial charge in [-0.3, -0.25) is 0 Å². The fraction of sp³-hybridized carbons (Fsp3) is 0.704. The molecule has 1 aromatic carbocycles. The lowest BCUT2D eigenvalue weighted by atomic mass is 9.72. The van der Waals surface area contributed by atoms with Crippen LogP contribution in [0.2, 0.25) is 5.02 Å². The van der Waals surface area contributed by atoms with Gasteiger partial charge in [0.1, 0.15) is 0 Å². The molecule has 1 saturated heterocycles. The van der Waals surface area contributed by atoms with E-state index in [2.05, 4.69) is 22.9 Å². The number of ether oxygens (including phenoxy) is 1. The van der Waals surface area contributed by atoms with Crippen molar-refractivity contribution in [2.75, 3.05) is 39.8 Å². The molecule has 2 fully saturated rings. The minimum Gasteiger partial charge on any atom is -0.465 e. The molecule has 0 radical (unpaired) electrons. The number of nitrogens with one attached hydrogen (secondary N) is 3. The van der Waals surface area contributed by atoms with E-state index < -0.39 is 6.09 Å². The van der Waals surface area contributed by atoms with Crippen molar-refractivity contribution in [1.82, 2.24) is 20.9 Å². The Kier molecular flexibility index (Phi) is 11.1. The van der Waals surface area contributed by atoms with Crippen molar-refractivity contribution >= 4 is 23.7 Å². The third kappa shape index (κ3) is 8.82. The van der Waals surface area contributed by atoms with Crippen LogP contribution in [0.3, 0.4) is 0 Å². The monoisotopic (exact) mass is 522 g/mol. The van der Waals surface area contributed by atoms with Gasteiger partial charge < -0.3 is 30.7 Å². The van der Waals surface area contributed by atoms with Crippen LogP contribution in [0, 0.1) is 11.3 Å². The molecule has 2 aliphatic rings. The summed E-state index contributed by atoms with van der Waals surface area (Å²) in [5.41, 5.74) is 1.23. The first-order valence-corrected chi connectivity index (χ1v) is 13.7. The summed E-state index contributed by atoms with van der Waals surface area (Å²) in [5.74, 6) is 0.0893. The van der Waals surface area contributed by atoms with Gasteiger partial charge >= 0.3 is 12.1 Å². The third-order valence-electron chi connectivity index (χ3n) is 7.60. The van der Waals surface area contributed by atoms with E-state index in [-0.39, 0.29) is 42.7 Å². The van der Waals surface area contributed by atoms with Crippen molar-refractivity contribution < 1.29 is 19.4 Å². The molecule has 3 atom stereocenters. The number of hydrogen-bond donors (Lipinski definition) is 4. The van der Waals surface area contributed by atoms with E-state index in [4.69, 9.17) is 21.4 Å². The van der Waals surface area contributed by atoms with Crippen LogP contribution in [0.1, 0.15) is 70.0 Å². The Morgan fingerprint density at radius 1 is 1.25 bits per heavy atom. The van der Waals surface area contributed by atoms with Crippen molar-refractivity contribution in [3.63, 3.8) is 0 Å². The summed E-state index contributed by atoms with van der Waals surface area (Å²) in [5, 5.41) is 18.4. The molecular formula is C27H43ClN4O4. The van der Waals surface area contributed by atoms with Crippen molar-refractivity contribution in [2.24, 2.45) is 11.3 Å². The maximum atomic E-state index is 13.4. The van der Waals surface area contributed by atoms with Gasteiger partial charge in [-0.2, -0.15) is 0 Å². The lowest BCUT2D eigenvalue weighted by Crippen LogP contribution is -2.52. The van der Waals surface area contributed by atoms with Gasteiger partial charge in [0.05, 0.1) is 12.7 Å². The number of likely N-dealkylation sites (N-methyl/N-ethyl adjacent to an activating group) is 1. The molecule has 3 rings (SSSR count). The lowest BCUT2D eigenvalue weighted by molar-refractivity contribution is -0.00856. The predicted octanol–water partition coefficient (Wildman–Crippen LogP) is 5.04. The molecule has 1 heterocycles. The first-order chi connectivity index (χ1) is 17.3. The van der Waals surface area contributed by atoms with Crippen LogP contribution in [0.4, 0.5) is 9.59 Å². The second-order valence-corrected chi connectivity index (χ2v) is 11.1. The van der Waals surface area contributed by atoms with Crippen molar-refractivity contribution in [2.45, 2.75) is 70.4 Å². The summed E-state index contributed by atoms with van der Waals surface area (Å²) in [4.78, 5) is 26.1. The topological polar surface area (TPSA) is 103 Å². The molecule has 0 bridgehead atoms. The highest BCUT2D eigenvalue weighted by molar-refractivity contribution is 6.30. The number of rotatable bonds is 11. The lowest BCUT2D eigenvalue weighted by Gasteiger charge is -2.39. The quantitative estimate of drug-likeness (QED) is 0.305. The number of hydrogen-bond acceptors (Lipinski definition) is 4. The number of likely N-dealkylation sites (tertiary alicyclic amines) is 1. The van der Waals surface area contributed by atoms with Crippen molar-refractivity contribution in [1.29, 1.82) is 0 Å². The van der Waals surface area contributed by atoms with Gasteiger partial charge in [0.2, 0.25) is 0 Å². The van der Waals surface area contributed by atoms with E-state index in [1.165, 1.54) is 32.1 Å². The molecule has 1 aromatic rings. The predicted molar refractivity (Wildman–Crippen MR) is 143 cm³/mol. The van der Waals surface area contributed by atoms with E-state index in [0.717, 1.165) is 31.4 Å². The number of urea groups is 1. The summed E-state index contributed by atoms with van der Waals surface area (Å²) in [6.45, 7) is 4.86. The van der Waals surface area contributed by atoms with Crippen molar-refractivity contribution in [3.8, 4) is 0 Å². The molecule has 1 aliphatic heterocycles. The van der Waals surface area contributed by atoms with Gasteiger partial charge in [0.25, 0.3) is 0 Å². The van der Waals surface area contributed by atoms with Gasteiger partial charge in [0, 0.05) is 43.2 Å². The molecule has 4 N–H and O–H groups in total. The fourth-order valence-corrected chi connectivity index (χ4v) is 6.06. The largest absolute Gasteiger partial charge is 0.465 e. The van der Waals surface area contributed by atoms with E-state index in [9.17, 15) is 9.59 Å². The van der Waals surface area contributed by atoms with Crippen LogP contribution in [-0.4, -0.2) is 68.0 Å². The van der Waals surface area contributed by atoms with Gasteiger partial charge in [0.15, 0.2) is 0 Å². The number of piperidine rings is 1. The van der Waals surface area contributed by atoms with Gasteiger partial charge in [-0.25, -0.2) is 9.59 Å². The Morgan fingerprint density at radius 3 is 2.72 bits per heavy atom. The van der Waals surface area contributed by atoms with Crippen LogP contribution in [0.25, 0.3) is 0 Å². The number of halogens is 1. The van der Waals surface area contributed by atoms with Gasteiger partial charge in [-0.15, -0.1) is 0 Å². The first kappa shape index (κ1) is 28.5. The highest BCUT2D eigenvalue weighted by Crippen LogP contribution is 2.39. The van der Waals surface area contributed by atoms with E-state index in [0.29, 0.717) is 18.1 Å². The molecule has 1 aliphatic carbocycles. The van der Waals surface area contributed by atoms with Crippen molar-refractivity contribution in [3.05, 3.63) is 34.9 Å². The minimum atomic E-state index is -1.07. The maximum absolute atomic E-state index is 13.4. The summed E-state index contributed by atoms with van der Waals surface area (Å²) < 4.78 is 6.18. The molecule has 9 heteroatoms. The standard InChI is InChI=1S/C27H43ClN4O4/c1-27(11-4-3-5-12-27)17-23(18-29-2)31-25(33)32-14-7-9-21(19-32)24(36-15-13-30-26(34)35)20-8-6-10-22(28)16-20/h6,8,10,16,21,23-24,29-30H,3-5,7,9,11-15,17-19H2,1-2H3,(H,31,33)(H,34,35). The van der Waals surface area contributed by atoms with Crippen LogP contribution < -0.4 is 16.0 Å². The second kappa shape index (κ2) is 14.1. The SMILES string of the molecule is CNCC(CC1(C)CCCCC1)NC(=O)N1CCCC(C(OCCNC(=O)O)c2cccc(Cl)c2)C1. The second-order valence-electron chi connectivity index (χ2n) is 10.7. The number of amides is 3. The molecule has 1 saturated carbocycles. The Balaban J connectivity index is 1.64. The number of carboxylic acid groups (broad SMARTS) is 1. The Labute approximate surface area is 220 Å². The zero-order valence-corrected chi connectivity index (χ0v) is 22.5. The van der Waals surface area contributed by atoms with Gasteiger partial charge in [-0.05, 0) is 62.3 Å². The summed E-state index contributed by atoms with van der Waals surface area (Å²) >= 11 is 6.26. The van der Waals surface area contributed by atoms with E-state index in [1.807, 2.05) is 36.2 Å². The molecular weight excluding hydrogens is 480 g/mol. The molecule has 0 aromatic heterocycles. The summed E-state index contributed by atoms with van der Waals surface area (Å²) in [7, 11) is 1.94. The van der Waals surface area contributed by atoms with Gasteiger partial charge in [-0.1, -0.05) is 49.9 Å². The third-order valence-corrected chi connectivity index (χ3v) is 7.84. The van der Waals surface area contributed by atoms with E-state index >= 15 is 0 Å². The fourth-order valence-electron chi connectivity index (χ4n) is 5.86. The molecule has 3 amide bonds. The molecule has 36 heavy (non-hydrogen) atoms. The minimum absolute atomic E-state index is 0.0169. The van der Waals surface area contributed by atoms with Crippen LogP contribution in [0.5, 0.6) is 0 Å². The number of carbonyl (C=O) groups excluding carboxylic acids is 1. The highest BCUT2D eigenvalue weighted by Gasteiger charge is 2.34. The summed E-state index contributed by atoms with van der Waals surface area (Å²) in [6.07, 6.45) is 7.77. The smallest absolute Gasteiger partial charge is 0.404 e.